The lowest BCUT2D eigenvalue weighted by molar-refractivity contribution is -0.898. The number of carbonyl (C=O) groups excluding carboxylic acids is 2. The van der Waals surface area contributed by atoms with Crippen molar-refractivity contribution in [1.29, 1.82) is 0 Å². The number of hydrogen-bond acceptors (Lipinski definition) is 3. The number of quaternary nitrogens is 1. The Morgan fingerprint density at radius 3 is 2.41 bits per heavy atom. The Morgan fingerprint density at radius 2 is 1.83 bits per heavy atom. The summed E-state index contributed by atoms with van der Waals surface area (Å²) in [6.45, 7) is 8.34. The number of piperazine rings is 1. The number of rotatable bonds is 6. The third-order valence-corrected chi connectivity index (χ3v) is 5.20. The molecular formula is C23H27FN3O2+. The van der Waals surface area contributed by atoms with Gasteiger partial charge in [0.25, 0.3) is 0 Å². The molecule has 0 atom stereocenters. The first-order valence-electron chi connectivity index (χ1n) is 9.94. The fourth-order valence-corrected chi connectivity index (χ4v) is 3.48. The van der Waals surface area contributed by atoms with E-state index in [9.17, 15) is 14.0 Å². The van der Waals surface area contributed by atoms with Crippen LogP contribution in [-0.2, 0) is 4.79 Å². The summed E-state index contributed by atoms with van der Waals surface area (Å²) in [5, 5.41) is 2.69. The number of halogens is 1. The van der Waals surface area contributed by atoms with Gasteiger partial charge in [0.2, 0.25) is 5.91 Å². The van der Waals surface area contributed by atoms with Crippen molar-refractivity contribution < 1.29 is 18.9 Å². The Hall–Kier alpha value is -2.99. The van der Waals surface area contributed by atoms with Gasteiger partial charge in [0.1, 0.15) is 5.82 Å². The molecule has 0 unspecified atom stereocenters. The van der Waals surface area contributed by atoms with Crippen LogP contribution in [0.1, 0.15) is 29.8 Å². The van der Waals surface area contributed by atoms with E-state index in [4.69, 9.17) is 0 Å². The van der Waals surface area contributed by atoms with Crippen molar-refractivity contribution in [2.75, 3.05) is 42.9 Å². The highest BCUT2D eigenvalue weighted by atomic mass is 19.1. The van der Waals surface area contributed by atoms with Crippen molar-refractivity contribution in [3.8, 4) is 0 Å². The zero-order valence-corrected chi connectivity index (χ0v) is 16.9. The lowest BCUT2D eigenvalue weighted by Crippen LogP contribution is -3.14. The molecule has 1 fully saturated rings. The SMILES string of the molecule is CC[NH+]1CCN(c2ccc(C(=O)/C=C/c3ccc(NC(C)=O)cc3)cc2F)CC1. The summed E-state index contributed by atoms with van der Waals surface area (Å²) in [4.78, 5) is 27.1. The van der Waals surface area contributed by atoms with Crippen LogP contribution < -0.4 is 15.1 Å². The summed E-state index contributed by atoms with van der Waals surface area (Å²) < 4.78 is 14.6. The normalized spacial score (nSPS) is 14.9. The molecule has 1 aliphatic heterocycles. The lowest BCUT2D eigenvalue weighted by Gasteiger charge is -2.33. The van der Waals surface area contributed by atoms with E-state index in [0.29, 0.717) is 16.9 Å². The Bertz CT molecular complexity index is 901. The minimum atomic E-state index is -0.358. The van der Waals surface area contributed by atoms with Gasteiger partial charge in [-0.15, -0.1) is 0 Å². The minimum Gasteiger partial charge on any atom is -0.358 e. The number of amides is 1. The predicted octanol–water partition coefficient (Wildman–Crippen LogP) is 2.41. The van der Waals surface area contributed by atoms with Gasteiger partial charge >= 0.3 is 0 Å². The fourth-order valence-electron chi connectivity index (χ4n) is 3.48. The van der Waals surface area contributed by atoms with E-state index < -0.39 is 0 Å². The van der Waals surface area contributed by atoms with E-state index in [1.54, 1.807) is 42.5 Å². The summed E-state index contributed by atoms with van der Waals surface area (Å²) in [5.41, 5.74) is 2.41. The highest BCUT2D eigenvalue weighted by molar-refractivity contribution is 6.07. The van der Waals surface area contributed by atoms with Crippen LogP contribution in [0.4, 0.5) is 15.8 Å². The first kappa shape index (κ1) is 20.7. The molecule has 0 aliphatic carbocycles. The van der Waals surface area contributed by atoms with Crippen LogP contribution in [0.2, 0.25) is 0 Å². The van der Waals surface area contributed by atoms with E-state index in [1.807, 2.05) is 0 Å². The second-order valence-corrected chi connectivity index (χ2v) is 7.26. The Morgan fingerprint density at radius 1 is 1.14 bits per heavy atom. The largest absolute Gasteiger partial charge is 0.358 e. The summed E-state index contributed by atoms with van der Waals surface area (Å²) in [7, 11) is 0. The standard InChI is InChI=1S/C23H26FN3O2/c1-3-26-12-14-27(15-13-26)22-10-7-19(16-21(22)24)23(29)11-6-18-4-8-20(9-5-18)25-17(2)28/h4-11,16H,3,12-15H2,1-2H3,(H,25,28)/p+1/b11-6+. The number of carbonyl (C=O) groups is 2. The lowest BCUT2D eigenvalue weighted by atomic mass is 10.1. The third-order valence-electron chi connectivity index (χ3n) is 5.20. The average molecular weight is 396 g/mol. The van der Waals surface area contributed by atoms with Crippen LogP contribution >= 0.6 is 0 Å². The molecule has 6 heteroatoms. The monoisotopic (exact) mass is 396 g/mol. The number of allylic oxidation sites excluding steroid dienone is 1. The van der Waals surface area contributed by atoms with Crippen LogP contribution in [0.5, 0.6) is 0 Å². The van der Waals surface area contributed by atoms with Gasteiger partial charge in [-0.1, -0.05) is 18.2 Å². The number of benzene rings is 2. The molecule has 0 saturated carbocycles. The zero-order chi connectivity index (χ0) is 20.8. The topological polar surface area (TPSA) is 53.9 Å². The molecule has 29 heavy (non-hydrogen) atoms. The number of ketones is 1. The first-order chi connectivity index (χ1) is 14.0. The van der Waals surface area contributed by atoms with Crippen molar-refractivity contribution in [3.05, 3.63) is 65.5 Å². The number of nitrogens with zero attached hydrogens (tertiary/aromatic N) is 1. The molecule has 1 heterocycles. The van der Waals surface area contributed by atoms with Gasteiger partial charge in [0.15, 0.2) is 5.78 Å². The van der Waals surface area contributed by atoms with E-state index in [2.05, 4.69) is 17.1 Å². The van der Waals surface area contributed by atoms with Crippen LogP contribution in [-0.4, -0.2) is 44.4 Å². The maximum atomic E-state index is 14.6. The highest BCUT2D eigenvalue weighted by Crippen LogP contribution is 2.21. The number of anilines is 2. The van der Waals surface area contributed by atoms with Gasteiger partial charge in [-0.2, -0.15) is 0 Å². The van der Waals surface area contributed by atoms with Gasteiger partial charge in [-0.05, 0) is 48.9 Å². The molecule has 0 spiro atoms. The second-order valence-electron chi connectivity index (χ2n) is 7.26. The molecule has 2 N–H and O–H groups in total. The first-order valence-corrected chi connectivity index (χ1v) is 9.94. The van der Waals surface area contributed by atoms with E-state index in [0.717, 1.165) is 38.3 Å². The van der Waals surface area contributed by atoms with E-state index in [-0.39, 0.29) is 17.5 Å². The molecule has 5 nitrogen and oxygen atoms in total. The molecular weight excluding hydrogens is 369 g/mol. The zero-order valence-electron chi connectivity index (χ0n) is 16.9. The van der Waals surface area contributed by atoms with E-state index >= 15 is 0 Å². The van der Waals surface area contributed by atoms with Gasteiger partial charge in [0.05, 0.1) is 38.4 Å². The molecule has 3 rings (SSSR count). The number of nitrogens with one attached hydrogen (secondary N) is 2. The number of hydrogen-bond donors (Lipinski definition) is 2. The van der Waals surface area contributed by atoms with Crippen molar-refractivity contribution >= 4 is 29.1 Å². The molecule has 0 bridgehead atoms. The summed E-state index contributed by atoms with van der Waals surface area (Å²) in [6, 6.07) is 11.8. The van der Waals surface area contributed by atoms with E-state index in [1.165, 1.54) is 24.0 Å². The third kappa shape index (κ3) is 5.51. The average Bonchev–Trinajstić information content (AvgIpc) is 2.72. The quantitative estimate of drug-likeness (QED) is 0.582. The van der Waals surface area contributed by atoms with Crippen LogP contribution in [0, 0.1) is 5.82 Å². The maximum Gasteiger partial charge on any atom is 0.221 e. The summed E-state index contributed by atoms with van der Waals surface area (Å²) >= 11 is 0. The molecule has 0 radical (unpaired) electrons. The summed E-state index contributed by atoms with van der Waals surface area (Å²) in [6.07, 6.45) is 3.11. The molecule has 152 valence electrons. The summed E-state index contributed by atoms with van der Waals surface area (Å²) in [5.74, 6) is -0.743. The van der Waals surface area contributed by atoms with Gasteiger partial charge < -0.3 is 15.1 Å². The van der Waals surface area contributed by atoms with Gasteiger partial charge in [-0.25, -0.2) is 4.39 Å². The van der Waals surface area contributed by atoms with Crippen LogP contribution in [0.15, 0.2) is 48.5 Å². The molecule has 1 amide bonds. The Kier molecular flexibility index (Phi) is 6.77. The number of likely N-dealkylation sites (N-methyl/N-ethyl adjacent to an activating group) is 1. The predicted molar refractivity (Wildman–Crippen MR) is 114 cm³/mol. The molecule has 1 saturated heterocycles. The van der Waals surface area contributed by atoms with Crippen molar-refractivity contribution in [2.45, 2.75) is 13.8 Å². The van der Waals surface area contributed by atoms with Crippen LogP contribution in [0.3, 0.4) is 0 Å². The Labute approximate surface area is 170 Å². The minimum absolute atomic E-state index is 0.137. The van der Waals surface area contributed by atoms with Crippen molar-refractivity contribution in [2.24, 2.45) is 0 Å². The second kappa shape index (κ2) is 9.47. The van der Waals surface area contributed by atoms with Crippen LogP contribution in [0.25, 0.3) is 6.08 Å². The fraction of sp³-hybridized carbons (Fsp3) is 0.304. The molecule has 1 aliphatic rings. The molecule has 2 aromatic rings. The van der Waals surface area contributed by atoms with Crippen molar-refractivity contribution in [3.63, 3.8) is 0 Å². The maximum absolute atomic E-state index is 14.6. The Balaban J connectivity index is 1.64. The molecule has 0 aromatic heterocycles. The smallest absolute Gasteiger partial charge is 0.221 e. The molecule has 2 aromatic carbocycles. The van der Waals surface area contributed by atoms with Gasteiger partial charge in [0, 0.05) is 18.2 Å². The highest BCUT2D eigenvalue weighted by Gasteiger charge is 2.21. The van der Waals surface area contributed by atoms with Crippen molar-refractivity contribution in [1.82, 2.24) is 0 Å². The van der Waals surface area contributed by atoms with Gasteiger partial charge in [-0.3, -0.25) is 9.59 Å².